The van der Waals surface area contributed by atoms with Gasteiger partial charge < -0.3 is 0 Å². The number of hydrogen-bond acceptors (Lipinski definition) is 0. The van der Waals surface area contributed by atoms with Crippen molar-refractivity contribution in [3.8, 4) is 0 Å². The van der Waals surface area contributed by atoms with Gasteiger partial charge in [0.05, 0.1) is 0 Å². The van der Waals surface area contributed by atoms with Crippen LogP contribution in [0.1, 0.15) is 0 Å². The first-order chi connectivity index (χ1) is 11.5. The van der Waals surface area contributed by atoms with E-state index in [4.69, 9.17) is 0 Å². The van der Waals surface area contributed by atoms with Crippen LogP contribution in [-0.2, 0) is 0 Å². The van der Waals surface area contributed by atoms with Gasteiger partial charge in [-0.05, 0) is 0 Å². The molecule has 0 aliphatic heterocycles. The molecule has 0 bridgehead atoms. The summed E-state index contributed by atoms with van der Waals surface area (Å²) in [4.78, 5) is 0. The van der Waals surface area contributed by atoms with Gasteiger partial charge in [0.15, 0.2) is 0 Å². The summed E-state index contributed by atoms with van der Waals surface area (Å²) in [7, 11) is 0. The van der Waals surface area contributed by atoms with E-state index in [1.165, 1.54) is 0 Å². The molecule has 0 saturated heterocycles. The Kier molecular flexibility index (Phi) is 1.70. The molecule has 0 unspecified atom stereocenters. The molecular formula is C24H24. The molecule has 6 aliphatic carbocycles. The van der Waals surface area contributed by atoms with Gasteiger partial charge in [-0.15, -0.1) is 52.6 Å². The highest BCUT2D eigenvalue weighted by Gasteiger charge is 3.34. The molecule has 6 aliphatic rings. The largest absolute Gasteiger partial charge is 0.102 e. The van der Waals surface area contributed by atoms with Crippen molar-refractivity contribution >= 4 is 0 Å². The van der Waals surface area contributed by atoms with Crippen LogP contribution in [0.4, 0.5) is 0 Å². The van der Waals surface area contributed by atoms with Crippen LogP contribution in [-0.4, -0.2) is 0 Å². The van der Waals surface area contributed by atoms with E-state index in [-0.39, 0.29) is 43.3 Å². The summed E-state index contributed by atoms with van der Waals surface area (Å²) < 4.78 is 0. The van der Waals surface area contributed by atoms with Crippen molar-refractivity contribution in [2.45, 2.75) is 0 Å². The predicted octanol–water partition coefficient (Wildman–Crippen LogP) is 5.43. The zero-order chi connectivity index (χ0) is 17.7. The monoisotopic (exact) mass is 312 g/mol. The van der Waals surface area contributed by atoms with E-state index in [0.29, 0.717) is 0 Å². The third-order valence-electron chi connectivity index (χ3n) is 9.91. The van der Waals surface area contributed by atoms with Gasteiger partial charge in [0.2, 0.25) is 0 Å². The minimum Gasteiger partial charge on any atom is -0.102 e. The van der Waals surface area contributed by atoms with Crippen molar-refractivity contribution in [1.82, 2.24) is 0 Å². The quantitative estimate of drug-likeness (QED) is 0.524. The minimum absolute atomic E-state index is 0.139. The van der Waals surface area contributed by atoms with Crippen LogP contribution in [0, 0.1) is 43.3 Å². The lowest BCUT2D eigenvalue weighted by molar-refractivity contribution is -0.803. The van der Waals surface area contributed by atoms with Gasteiger partial charge >= 0.3 is 0 Å². The molecule has 24 heavy (non-hydrogen) atoms. The molecule has 0 aromatic rings. The zero-order valence-electron chi connectivity index (χ0n) is 14.3. The predicted molar refractivity (Wildman–Crippen MR) is 101 cm³/mol. The van der Waals surface area contributed by atoms with E-state index in [9.17, 15) is 0 Å². The van der Waals surface area contributed by atoms with E-state index < -0.39 is 0 Å². The van der Waals surface area contributed by atoms with Crippen LogP contribution >= 0.6 is 0 Å². The molecule has 0 atom stereocenters. The van der Waals surface area contributed by atoms with Crippen LogP contribution in [0.25, 0.3) is 0 Å². The molecule has 0 N–H and O–H groups in total. The summed E-state index contributed by atoms with van der Waals surface area (Å²) in [5.74, 6) is 0. The zero-order valence-corrected chi connectivity index (χ0v) is 14.3. The molecule has 0 heterocycles. The first kappa shape index (κ1) is 14.3. The lowest BCUT2D eigenvalue weighted by Crippen LogP contribution is -3.30. The number of hydrogen-bond donors (Lipinski definition) is 0. The molecule has 0 aromatic heterocycles. The van der Waals surface area contributed by atoms with Crippen molar-refractivity contribution in [3.05, 3.63) is 101 Å². The van der Waals surface area contributed by atoms with Crippen molar-refractivity contribution in [2.75, 3.05) is 0 Å². The summed E-state index contributed by atoms with van der Waals surface area (Å²) in [6, 6.07) is 0. The van der Waals surface area contributed by atoms with Crippen LogP contribution in [0.3, 0.4) is 0 Å². The van der Waals surface area contributed by atoms with Gasteiger partial charge in [0, 0.05) is 43.3 Å². The summed E-state index contributed by atoms with van der Waals surface area (Å²) in [6.07, 6.45) is 17.1. The summed E-state index contributed by atoms with van der Waals surface area (Å²) in [5, 5.41) is 0. The average molecular weight is 312 g/mol. The van der Waals surface area contributed by atoms with Crippen molar-refractivity contribution < 1.29 is 0 Å². The third kappa shape index (κ3) is 0.422. The maximum absolute atomic E-state index is 4.25. The van der Waals surface area contributed by atoms with Crippen LogP contribution in [0.5, 0.6) is 0 Å². The highest BCUT2D eigenvalue weighted by molar-refractivity contribution is 5.91. The fraction of sp³-hybridized carbons (Fsp3) is 0.333. The Balaban J connectivity index is 2.03. The Bertz CT molecular complexity index is 580. The first-order valence-corrected chi connectivity index (χ1v) is 8.58. The van der Waals surface area contributed by atoms with Gasteiger partial charge in [-0.2, -0.15) is 0 Å². The molecule has 6 fully saturated rings. The lowest BCUT2D eigenvalue weighted by Gasteiger charge is -3.30. The van der Waals surface area contributed by atoms with Crippen LogP contribution < -0.4 is 0 Å². The molecule has 0 spiro atoms. The second kappa shape index (κ2) is 2.86. The fourth-order valence-electron chi connectivity index (χ4n) is 11.0. The standard InChI is InChI=1S/C24H24/c1-9-17-18(10-2)21(13-5)19(17,11-3)23(15-7)20(17,12-4)22(18,14-6)24(21,23)16-8/h9-16H,1-8H2. The van der Waals surface area contributed by atoms with Gasteiger partial charge in [0.25, 0.3) is 0 Å². The molecule has 0 aromatic carbocycles. The summed E-state index contributed by atoms with van der Waals surface area (Å²) in [5.41, 5.74) is -1.11. The van der Waals surface area contributed by atoms with E-state index in [1.807, 2.05) is 0 Å². The first-order valence-electron chi connectivity index (χ1n) is 8.58. The average Bonchev–Trinajstić information content (AvgIpc) is 2.62. The molecule has 0 nitrogen and oxygen atoms in total. The van der Waals surface area contributed by atoms with Crippen molar-refractivity contribution in [1.29, 1.82) is 0 Å². The maximum Gasteiger partial charge on any atom is 0.0206 e. The maximum atomic E-state index is 4.25. The van der Waals surface area contributed by atoms with Crippen LogP contribution in [0.15, 0.2) is 101 Å². The molecule has 6 saturated carbocycles. The van der Waals surface area contributed by atoms with Gasteiger partial charge in [-0.1, -0.05) is 48.6 Å². The third-order valence-corrected chi connectivity index (χ3v) is 9.91. The van der Waals surface area contributed by atoms with Crippen molar-refractivity contribution in [2.24, 2.45) is 43.3 Å². The highest BCUT2D eigenvalue weighted by Crippen LogP contribution is 3.34. The summed E-state index contributed by atoms with van der Waals surface area (Å²) in [6.45, 7) is 34.0. The number of rotatable bonds is 8. The second-order valence-corrected chi connectivity index (χ2v) is 8.10. The van der Waals surface area contributed by atoms with Crippen LogP contribution in [0.2, 0.25) is 0 Å². The topological polar surface area (TPSA) is 0 Å². The second-order valence-electron chi connectivity index (χ2n) is 8.10. The molecular weight excluding hydrogens is 288 g/mol. The van der Waals surface area contributed by atoms with E-state index >= 15 is 0 Å². The Morgan fingerprint density at radius 1 is 0.250 bits per heavy atom. The molecule has 0 radical (unpaired) electrons. The Hall–Kier alpha value is -2.08. The number of allylic oxidation sites excluding steroid dienone is 8. The minimum atomic E-state index is -0.139. The normalized spacial score (nSPS) is 67.3. The van der Waals surface area contributed by atoms with E-state index in [1.54, 1.807) is 0 Å². The van der Waals surface area contributed by atoms with Gasteiger partial charge in [-0.3, -0.25) is 0 Å². The Morgan fingerprint density at radius 3 is 0.375 bits per heavy atom. The Labute approximate surface area is 145 Å². The Morgan fingerprint density at radius 2 is 0.333 bits per heavy atom. The van der Waals surface area contributed by atoms with Gasteiger partial charge in [0.1, 0.15) is 0 Å². The smallest absolute Gasteiger partial charge is 0.0206 e. The van der Waals surface area contributed by atoms with Gasteiger partial charge in [-0.25, -0.2) is 0 Å². The van der Waals surface area contributed by atoms with Crippen molar-refractivity contribution in [3.63, 3.8) is 0 Å². The highest BCUT2D eigenvalue weighted by atomic mass is 15.3. The lowest BCUT2D eigenvalue weighted by atomic mass is 8.70. The molecule has 6 rings (SSSR count). The molecule has 120 valence electrons. The van der Waals surface area contributed by atoms with E-state index in [0.717, 1.165) is 0 Å². The fourth-order valence-corrected chi connectivity index (χ4v) is 11.0. The SMILES string of the molecule is C=CC12C3(C=C)C4(C=C)C1(C=C)C1(C=C)C2(C=C)C3(C=C)C41C=C. The molecule has 0 heteroatoms. The van der Waals surface area contributed by atoms with E-state index in [2.05, 4.69) is 101 Å². The summed E-state index contributed by atoms with van der Waals surface area (Å²) >= 11 is 0. The molecule has 0 amide bonds.